The standard InChI is InChI=1S/C8H15BrO3/c1-4-12-8(11)6(9)7(10)5(2)3/h5-7,10H,4H2,1-3H3. The highest BCUT2D eigenvalue weighted by Gasteiger charge is 2.27. The molecule has 0 fully saturated rings. The van der Waals surface area contributed by atoms with Crippen molar-refractivity contribution in [3.63, 3.8) is 0 Å². The molecule has 2 atom stereocenters. The quantitative estimate of drug-likeness (QED) is 0.594. The van der Waals surface area contributed by atoms with Crippen LogP contribution in [0.4, 0.5) is 0 Å². The summed E-state index contributed by atoms with van der Waals surface area (Å²) in [5.74, 6) is -0.363. The average molecular weight is 239 g/mol. The van der Waals surface area contributed by atoms with Gasteiger partial charge >= 0.3 is 5.97 Å². The normalized spacial score (nSPS) is 15.8. The highest BCUT2D eigenvalue weighted by molar-refractivity contribution is 9.10. The molecule has 12 heavy (non-hydrogen) atoms. The number of rotatable bonds is 4. The molecule has 2 unspecified atom stereocenters. The van der Waals surface area contributed by atoms with Gasteiger partial charge in [0.15, 0.2) is 0 Å². The second kappa shape index (κ2) is 5.54. The second-order valence-electron chi connectivity index (χ2n) is 2.89. The molecule has 0 amide bonds. The number of esters is 1. The van der Waals surface area contributed by atoms with Crippen LogP contribution in [-0.2, 0) is 9.53 Å². The molecule has 1 N–H and O–H groups in total. The highest BCUT2D eigenvalue weighted by Crippen LogP contribution is 2.15. The monoisotopic (exact) mass is 238 g/mol. The second-order valence-corrected chi connectivity index (χ2v) is 3.87. The molecule has 0 rings (SSSR count). The Morgan fingerprint density at radius 3 is 2.42 bits per heavy atom. The number of alkyl halides is 1. The first kappa shape index (κ1) is 11.9. The maximum absolute atomic E-state index is 11.1. The summed E-state index contributed by atoms with van der Waals surface area (Å²) in [5, 5.41) is 9.44. The Morgan fingerprint density at radius 1 is 1.58 bits per heavy atom. The van der Waals surface area contributed by atoms with Crippen molar-refractivity contribution in [2.24, 2.45) is 5.92 Å². The van der Waals surface area contributed by atoms with Gasteiger partial charge in [0.05, 0.1) is 12.7 Å². The van der Waals surface area contributed by atoms with Crippen molar-refractivity contribution in [2.45, 2.75) is 31.7 Å². The van der Waals surface area contributed by atoms with Gasteiger partial charge in [0.1, 0.15) is 4.83 Å². The summed E-state index contributed by atoms with van der Waals surface area (Å²) in [7, 11) is 0. The van der Waals surface area contributed by atoms with Gasteiger partial charge in [0, 0.05) is 0 Å². The van der Waals surface area contributed by atoms with Gasteiger partial charge in [0.25, 0.3) is 0 Å². The average Bonchev–Trinajstić information content (AvgIpc) is 2.02. The minimum Gasteiger partial charge on any atom is -0.465 e. The van der Waals surface area contributed by atoms with Gasteiger partial charge in [-0.25, -0.2) is 0 Å². The minimum atomic E-state index is -0.691. The zero-order valence-electron chi connectivity index (χ0n) is 7.58. The topological polar surface area (TPSA) is 46.5 Å². The fourth-order valence-corrected chi connectivity index (χ4v) is 1.44. The van der Waals surface area contributed by atoms with Gasteiger partial charge in [-0.1, -0.05) is 29.8 Å². The Balaban J connectivity index is 4.00. The van der Waals surface area contributed by atoms with E-state index in [1.165, 1.54) is 0 Å². The third kappa shape index (κ3) is 3.54. The predicted molar refractivity (Wildman–Crippen MR) is 50.2 cm³/mol. The smallest absolute Gasteiger partial charge is 0.322 e. The number of carbonyl (C=O) groups excluding carboxylic acids is 1. The van der Waals surface area contributed by atoms with Crippen LogP contribution in [0.1, 0.15) is 20.8 Å². The SMILES string of the molecule is CCOC(=O)C(Br)C(O)C(C)C. The van der Waals surface area contributed by atoms with Crippen LogP contribution in [0.3, 0.4) is 0 Å². The number of aliphatic hydroxyl groups is 1. The molecule has 0 bridgehead atoms. The number of aliphatic hydroxyl groups excluding tert-OH is 1. The lowest BCUT2D eigenvalue weighted by Gasteiger charge is -2.18. The van der Waals surface area contributed by atoms with E-state index < -0.39 is 16.9 Å². The molecule has 0 heterocycles. The molecule has 0 aromatic heterocycles. The van der Waals surface area contributed by atoms with Crippen molar-refractivity contribution in [1.82, 2.24) is 0 Å². The molecule has 0 saturated heterocycles. The fourth-order valence-electron chi connectivity index (χ4n) is 0.699. The van der Waals surface area contributed by atoms with E-state index in [9.17, 15) is 9.90 Å². The largest absolute Gasteiger partial charge is 0.465 e. The molecule has 0 radical (unpaired) electrons. The van der Waals surface area contributed by atoms with Crippen LogP contribution in [-0.4, -0.2) is 28.6 Å². The molecular formula is C8H15BrO3. The summed E-state index contributed by atoms with van der Waals surface area (Å²) in [4.78, 5) is 10.4. The van der Waals surface area contributed by atoms with Gasteiger partial charge in [-0.15, -0.1) is 0 Å². The predicted octanol–water partition coefficient (Wildman–Crippen LogP) is 1.33. The van der Waals surface area contributed by atoms with E-state index >= 15 is 0 Å². The van der Waals surface area contributed by atoms with Crippen LogP contribution < -0.4 is 0 Å². The maximum atomic E-state index is 11.1. The Kier molecular flexibility index (Phi) is 5.50. The summed E-state index contributed by atoms with van der Waals surface area (Å²) >= 11 is 3.09. The zero-order chi connectivity index (χ0) is 9.72. The van der Waals surface area contributed by atoms with Gasteiger partial charge in [-0.05, 0) is 12.8 Å². The third-order valence-corrected chi connectivity index (χ3v) is 2.41. The van der Waals surface area contributed by atoms with Gasteiger partial charge < -0.3 is 9.84 Å². The first-order chi connectivity index (χ1) is 5.50. The van der Waals surface area contributed by atoms with Crippen molar-refractivity contribution in [2.75, 3.05) is 6.61 Å². The minimum absolute atomic E-state index is 0.0405. The molecule has 0 aliphatic rings. The van der Waals surface area contributed by atoms with Crippen molar-refractivity contribution in [3.8, 4) is 0 Å². The van der Waals surface area contributed by atoms with Gasteiger partial charge in [-0.2, -0.15) is 0 Å². The van der Waals surface area contributed by atoms with E-state index in [1.807, 2.05) is 13.8 Å². The number of ether oxygens (including phenoxy) is 1. The molecule has 0 aromatic carbocycles. The Hall–Kier alpha value is -0.0900. The van der Waals surface area contributed by atoms with Crippen molar-refractivity contribution in [3.05, 3.63) is 0 Å². The molecule has 3 nitrogen and oxygen atoms in total. The Bertz CT molecular complexity index is 147. The Morgan fingerprint density at radius 2 is 2.08 bits per heavy atom. The molecule has 0 aliphatic carbocycles. The lowest BCUT2D eigenvalue weighted by Crippen LogP contribution is -2.34. The van der Waals surface area contributed by atoms with Crippen molar-refractivity contribution in [1.29, 1.82) is 0 Å². The van der Waals surface area contributed by atoms with E-state index in [-0.39, 0.29) is 5.92 Å². The van der Waals surface area contributed by atoms with Crippen LogP contribution in [0.2, 0.25) is 0 Å². The van der Waals surface area contributed by atoms with E-state index in [0.717, 1.165) is 0 Å². The third-order valence-electron chi connectivity index (χ3n) is 1.49. The summed E-state index contributed by atoms with van der Waals surface area (Å²) in [6.07, 6.45) is -0.691. The number of hydrogen-bond donors (Lipinski definition) is 1. The van der Waals surface area contributed by atoms with E-state index in [2.05, 4.69) is 15.9 Å². The Labute approximate surface area is 81.2 Å². The summed E-state index contributed by atoms with van der Waals surface area (Å²) in [6.45, 7) is 5.77. The van der Waals surface area contributed by atoms with E-state index in [0.29, 0.717) is 6.61 Å². The van der Waals surface area contributed by atoms with Gasteiger partial charge in [-0.3, -0.25) is 4.79 Å². The first-order valence-electron chi connectivity index (χ1n) is 3.99. The first-order valence-corrected chi connectivity index (χ1v) is 4.91. The van der Waals surface area contributed by atoms with Crippen molar-refractivity contribution >= 4 is 21.9 Å². The van der Waals surface area contributed by atoms with E-state index in [4.69, 9.17) is 4.74 Å². The highest BCUT2D eigenvalue weighted by atomic mass is 79.9. The summed E-state index contributed by atoms with van der Waals surface area (Å²) < 4.78 is 4.73. The lowest BCUT2D eigenvalue weighted by atomic mass is 10.0. The van der Waals surface area contributed by atoms with Crippen LogP contribution in [0.25, 0.3) is 0 Å². The van der Waals surface area contributed by atoms with Crippen LogP contribution in [0.5, 0.6) is 0 Å². The molecule has 0 saturated carbocycles. The molecular weight excluding hydrogens is 224 g/mol. The number of hydrogen-bond acceptors (Lipinski definition) is 3. The van der Waals surface area contributed by atoms with Crippen LogP contribution >= 0.6 is 15.9 Å². The molecule has 0 aromatic rings. The maximum Gasteiger partial charge on any atom is 0.322 e. The van der Waals surface area contributed by atoms with Gasteiger partial charge in [0.2, 0.25) is 0 Å². The number of halogens is 1. The summed E-state index contributed by atoms with van der Waals surface area (Å²) in [6, 6.07) is 0. The molecule has 0 aliphatic heterocycles. The fraction of sp³-hybridized carbons (Fsp3) is 0.875. The zero-order valence-corrected chi connectivity index (χ0v) is 9.17. The molecule has 72 valence electrons. The summed E-state index contributed by atoms with van der Waals surface area (Å²) in [5.41, 5.74) is 0. The molecule has 0 spiro atoms. The van der Waals surface area contributed by atoms with E-state index in [1.54, 1.807) is 6.92 Å². The van der Waals surface area contributed by atoms with Crippen molar-refractivity contribution < 1.29 is 14.6 Å². The van der Waals surface area contributed by atoms with Crippen LogP contribution in [0.15, 0.2) is 0 Å². The molecule has 4 heteroatoms. The lowest BCUT2D eigenvalue weighted by molar-refractivity contribution is -0.144. The number of carbonyl (C=O) groups is 1. The van der Waals surface area contributed by atoms with Crippen LogP contribution in [0, 0.1) is 5.92 Å².